The minimum atomic E-state index is 0.153. The third-order valence-electron chi connectivity index (χ3n) is 2.84. The van der Waals surface area contributed by atoms with Gasteiger partial charge in [0.15, 0.2) is 0 Å². The number of hydrogen-bond donors (Lipinski definition) is 2. The van der Waals surface area contributed by atoms with Gasteiger partial charge in [-0.1, -0.05) is 13.3 Å². The highest BCUT2D eigenvalue weighted by Crippen LogP contribution is 2.25. The summed E-state index contributed by atoms with van der Waals surface area (Å²) in [6.07, 6.45) is 4.15. The molecule has 3 nitrogen and oxygen atoms in total. The molecule has 3 heteroatoms. The molecule has 0 aromatic rings. The Labute approximate surface area is 79.8 Å². The molecule has 1 aliphatic carbocycles. The molecule has 74 valence electrons. The monoisotopic (exact) mass is 182 g/mol. The van der Waals surface area contributed by atoms with Gasteiger partial charge in [-0.2, -0.15) is 5.26 Å². The maximum absolute atomic E-state index is 9.00. The van der Waals surface area contributed by atoms with Gasteiger partial charge in [-0.25, -0.2) is 0 Å². The average molecular weight is 182 g/mol. The van der Waals surface area contributed by atoms with Crippen LogP contribution in [0.2, 0.25) is 0 Å². The van der Waals surface area contributed by atoms with E-state index in [1.165, 1.54) is 0 Å². The van der Waals surface area contributed by atoms with Crippen molar-refractivity contribution in [3.05, 3.63) is 0 Å². The fourth-order valence-corrected chi connectivity index (χ4v) is 1.92. The first kappa shape index (κ1) is 10.5. The zero-order chi connectivity index (χ0) is 9.68. The summed E-state index contributed by atoms with van der Waals surface area (Å²) in [5.41, 5.74) is 0. The average Bonchev–Trinajstić information content (AvgIpc) is 2.61. The normalized spacial score (nSPS) is 29.9. The van der Waals surface area contributed by atoms with Gasteiger partial charge in [-0.05, 0) is 19.3 Å². The van der Waals surface area contributed by atoms with E-state index in [-0.39, 0.29) is 18.6 Å². The second-order valence-electron chi connectivity index (χ2n) is 3.73. The lowest BCUT2D eigenvalue weighted by atomic mass is 10.0. The molecule has 0 radical (unpaired) electrons. The Bertz CT molecular complexity index is 184. The highest BCUT2D eigenvalue weighted by molar-refractivity contribution is 4.97. The second-order valence-corrected chi connectivity index (χ2v) is 3.73. The van der Waals surface area contributed by atoms with Gasteiger partial charge >= 0.3 is 0 Å². The van der Waals surface area contributed by atoms with Crippen molar-refractivity contribution >= 4 is 0 Å². The van der Waals surface area contributed by atoms with Gasteiger partial charge in [0.25, 0.3) is 0 Å². The van der Waals surface area contributed by atoms with E-state index < -0.39 is 0 Å². The molecule has 0 aromatic carbocycles. The van der Waals surface area contributed by atoms with Crippen LogP contribution >= 0.6 is 0 Å². The Morgan fingerprint density at radius 2 is 2.38 bits per heavy atom. The fourth-order valence-electron chi connectivity index (χ4n) is 1.92. The van der Waals surface area contributed by atoms with Crippen LogP contribution in [0.3, 0.4) is 0 Å². The number of aliphatic hydroxyl groups excluding tert-OH is 1. The summed E-state index contributed by atoms with van der Waals surface area (Å²) in [4.78, 5) is 0. The standard InChI is InChI=1S/C10H18N2O/c1-2-9(7-13)12-10-5-3-4-8(10)6-11/h8-10,12-13H,2-5,7H2,1H3. The topological polar surface area (TPSA) is 56.0 Å². The lowest BCUT2D eigenvalue weighted by Gasteiger charge is -2.21. The van der Waals surface area contributed by atoms with Crippen molar-refractivity contribution in [2.45, 2.75) is 44.7 Å². The molecule has 1 aliphatic rings. The highest BCUT2D eigenvalue weighted by Gasteiger charge is 2.28. The Morgan fingerprint density at radius 1 is 1.62 bits per heavy atom. The van der Waals surface area contributed by atoms with Gasteiger partial charge in [0.1, 0.15) is 0 Å². The van der Waals surface area contributed by atoms with Gasteiger partial charge in [0.2, 0.25) is 0 Å². The number of hydrogen-bond acceptors (Lipinski definition) is 3. The van der Waals surface area contributed by atoms with E-state index in [0.29, 0.717) is 6.04 Å². The molecule has 2 N–H and O–H groups in total. The van der Waals surface area contributed by atoms with Gasteiger partial charge < -0.3 is 10.4 Å². The van der Waals surface area contributed by atoms with Crippen LogP contribution in [-0.2, 0) is 0 Å². The summed E-state index contributed by atoms with van der Waals surface area (Å²) in [7, 11) is 0. The molecule has 0 aromatic heterocycles. The lowest BCUT2D eigenvalue weighted by molar-refractivity contribution is 0.223. The minimum absolute atomic E-state index is 0.153. The highest BCUT2D eigenvalue weighted by atomic mass is 16.3. The molecule has 0 bridgehead atoms. The molecule has 0 heterocycles. The summed E-state index contributed by atoms with van der Waals surface area (Å²) < 4.78 is 0. The van der Waals surface area contributed by atoms with Crippen molar-refractivity contribution in [1.29, 1.82) is 5.26 Å². The van der Waals surface area contributed by atoms with Crippen molar-refractivity contribution in [1.82, 2.24) is 5.32 Å². The van der Waals surface area contributed by atoms with E-state index in [0.717, 1.165) is 25.7 Å². The van der Waals surface area contributed by atoms with Crippen LogP contribution in [0.5, 0.6) is 0 Å². The number of nitrogens with zero attached hydrogens (tertiary/aromatic N) is 1. The molecule has 3 unspecified atom stereocenters. The van der Waals surface area contributed by atoms with Crippen LogP contribution in [-0.4, -0.2) is 23.8 Å². The third kappa shape index (κ3) is 2.68. The first-order valence-corrected chi connectivity index (χ1v) is 5.08. The molecule has 0 spiro atoms. The van der Waals surface area contributed by atoms with Crippen molar-refractivity contribution in [3.63, 3.8) is 0 Å². The first-order valence-electron chi connectivity index (χ1n) is 5.08. The SMILES string of the molecule is CCC(CO)NC1CCCC1C#N. The predicted molar refractivity (Wildman–Crippen MR) is 51.0 cm³/mol. The number of nitriles is 1. The first-order chi connectivity index (χ1) is 6.31. The molecule has 1 rings (SSSR count). The largest absolute Gasteiger partial charge is 0.395 e. The van der Waals surface area contributed by atoms with Crippen molar-refractivity contribution in [2.75, 3.05) is 6.61 Å². The Kier molecular flexibility index (Phi) is 4.20. The summed E-state index contributed by atoms with van der Waals surface area (Å²) >= 11 is 0. The third-order valence-corrected chi connectivity index (χ3v) is 2.84. The van der Waals surface area contributed by atoms with Crippen molar-refractivity contribution < 1.29 is 5.11 Å². The van der Waals surface area contributed by atoms with Gasteiger partial charge in [-0.15, -0.1) is 0 Å². The van der Waals surface area contributed by atoms with E-state index in [1.807, 2.05) is 6.92 Å². The van der Waals surface area contributed by atoms with Gasteiger partial charge in [0.05, 0.1) is 18.6 Å². The van der Waals surface area contributed by atoms with E-state index >= 15 is 0 Å². The van der Waals surface area contributed by atoms with E-state index in [1.54, 1.807) is 0 Å². The molecular weight excluding hydrogens is 164 g/mol. The summed E-state index contributed by atoms with van der Waals surface area (Å²) in [5.74, 6) is 0.153. The Morgan fingerprint density at radius 3 is 2.92 bits per heavy atom. The van der Waals surface area contributed by atoms with Crippen LogP contribution in [0.1, 0.15) is 32.6 Å². The quantitative estimate of drug-likeness (QED) is 0.683. The molecule has 13 heavy (non-hydrogen) atoms. The smallest absolute Gasteiger partial charge is 0.0672 e. The molecular formula is C10H18N2O. The molecule has 1 fully saturated rings. The van der Waals surface area contributed by atoms with Crippen LogP contribution in [0, 0.1) is 17.2 Å². The fraction of sp³-hybridized carbons (Fsp3) is 0.900. The van der Waals surface area contributed by atoms with Gasteiger partial charge in [0, 0.05) is 12.1 Å². The molecule has 1 saturated carbocycles. The zero-order valence-electron chi connectivity index (χ0n) is 8.16. The number of nitrogens with one attached hydrogen (secondary N) is 1. The summed E-state index contributed by atoms with van der Waals surface area (Å²) in [5, 5.41) is 21.2. The predicted octanol–water partition coefficient (Wildman–Crippen LogP) is 1.04. The minimum Gasteiger partial charge on any atom is -0.395 e. The molecule has 0 aliphatic heterocycles. The van der Waals surface area contributed by atoms with Crippen molar-refractivity contribution in [3.8, 4) is 6.07 Å². The van der Waals surface area contributed by atoms with Crippen LogP contribution in [0.4, 0.5) is 0 Å². The van der Waals surface area contributed by atoms with Gasteiger partial charge in [-0.3, -0.25) is 0 Å². The van der Waals surface area contributed by atoms with Crippen LogP contribution in [0.25, 0.3) is 0 Å². The molecule has 0 saturated heterocycles. The lowest BCUT2D eigenvalue weighted by Crippen LogP contribution is -2.41. The number of aliphatic hydroxyl groups is 1. The summed E-state index contributed by atoms with van der Waals surface area (Å²) in [6, 6.07) is 2.80. The number of rotatable bonds is 4. The van der Waals surface area contributed by atoms with E-state index in [4.69, 9.17) is 10.4 Å². The maximum Gasteiger partial charge on any atom is 0.0672 e. The summed E-state index contributed by atoms with van der Waals surface area (Å²) in [6.45, 7) is 2.22. The Balaban J connectivity index is 2.39. The molecule has 3 atom stereocenters. The van der Waals surface area contributed by atoms with Crippen LogP contribution in [0.15, 0.2) is 0 Å². The second kappa shape index (κ2) is 5.21. The van der Waals surface area contributed by atoms with Crippen LogP contribution < -0.4 is 5.32 Å². The van der Waals surface area contributed by atoms with Crippen molar-refractivity contribution in [2.24, 2.45) is 5.92 Å². The Hall–Kier alpha value is -0.590. The maximum atomic E-state index is 9.00. The van der Waals surface area contributed by atoms with E-state index in [9.17, 15) is 0 Å². The zero-order valence-corrected chi connectivity index (χ0v) is 8.16. The van der Waals surface area contributed by atoms with E-state index in [2.05, 4.69) is 11.4 Å². The molecule has 0 amide bonds.